The van der Waals surface area contributed by atoms with Gasteiger partial charge in [-0.15, -0.1) is 11.3 Å². The maximum Gasteiger partial charge on any atom is 0.0798 e. The number of aryl methyl sites for hydroxylation is 1. The molecule has 1 aromatic heterocycles. The van der Waals surface area contributed by atoms with Crippen molar-refractivity contribution in [1.29, 1.82) is 0 Å². The third kappa shape index (κ3) is 3.76. The number of halogens is 1. The molecule has 0 unspecified atom stereocenters. The van der Waals surface area contributed by atoms with Crippen LogP contribution in [-0.2, 0) is 13.1 Å². The number of benzene rings is 1. The third-order valence-electron chi connectivity index (χ3n) is 3.84. The minimum atomic E-state index is 0.700. The Kier molecular flexibility index (Phi) is 4.48. The number of thiazole rings is 1. The van der Waals surface area contributed by atoms with E-state index in [-0.39, 0.29) is 0 Å². The summed E-state index contributed by atoms with van der Waals surface area (Å²) in [5.41, 5.74) is 5.54. The van der Waals surface area contributed by atoms with Crippen molar-refractivity contribution in [3.63, 3.8) is 0 Å². The topological polar surface area (TPSA) is 28.2 Å². The van der Waals surface area contributed by atoms with Crippen molar-refractivity contribution >= 4 is 28.6 Å². The summed E-state index contributed by atoms with van der Waals surface area (Å²) in [5, 5.41) is 4.37. The lowest BCUT2D eigenvalue weighted by Crippen LogP contribution is -2.21. The van der Waals surface area contributed by atoms with Crippen LogP contribution in [0.25, 0.3) is 0 Å². The fourth-order valence-electron chi connectivity index (χ4n) is 2.39. The molecule has 1 heterocycles. The van der Waals surface area contributed by atoms with E-state index in [0.29, 0.717) is 6.04 Å². The first-order valence-electron chi connectivity index (χ1n) is 7.25. The summed E-state index contributed by atoms with van der Waals surface area (Å²) in [6, 6.07) is 6.85. The number of rotatable bonds is 6. The van der Waals surface area contributed by atoms with E-state index in [4.69, 9.17) is 11.6 Å². The zero-order chi connectivity index (χ0) is 14.8. The Bertz CT molecular complexity index is 622. The molecule has 3 nitrogen and oxygen atoms in total. The Morgan fingerprint density at radius 1 is 1.43 bits per heavy atom. The molecule has 0 saturated heterocycles. The van der Waals surface area contributed by atoms with E-state index in [1.54, 1.807) is 11.3 Å². The maximum absolute atomic E-state index is 6.17. The van der Waals surface area contributed by atoms with Crippen LogP contribution >= 0.6 is 22.9 Å². The smallest absolute Gasteiger partial charge is 0.0798 e. The number of hydrogen-bond acceptors (Lipinski definition) is 4. The highest BCUT2D eigenvalue weighted by atomic mass is 35.5. The SMILES string of the molecule is Cc1ncsc1CN(C)c1ccc(Cl)cc1CNC1CC1. The van der Waals surface area contributed by atoms with Crippen LogP contribution in [0.15, 0.2) is 23.7 Å². The lowest BCUT2D eigenvalue weighted by atomic mass is 10.1. The summed E-state index contributed by atoms with van der Waals surface area (Å²) < 4.78 is 0. The van der Waals surface area contributed by atoms with Crippen LogP contribution in [-0.4, -0.2) is 18.1 Å². The van der Waals surface area contributed by atoms with E-state index >= 15 is 0 Å². The largest absolute Gasteiger partial charge is 0.369 e. The molecule has 0 radical (unpaired) electrons. The quantitative estimate of drug-likeness (QED) is 0.872. The minimum Gasteiger partial charge on any atom is -0.369 e. The molecule has 1 N–H and O–H groups in total. The minimum absolute atomic E-state index is 0.700. The summed E-state index contributed by atoms with van der Waals surface area (Å²) in [7, 11) is 2.13. The second kappa shape index (κ2) is 6.34. The lowest BCUT2D eigenvalue weighted by molar-refractivity contribution is 0.685. The van der Waals surface area contributed by atoms with Gasteiger partial charge in [0.05, 0.1) is 17.7 Å². The molecule has 0 aliphatic heterocycles. The van der Waals surface area contributed by atoms with E-state index in [9.17, 15) is 0 Å². The van der Waals surface area contributed by atoms with Gasteiger partial charge in [0, 0.05) is 35.2 Å². The van der Waals surface area contributed by atoms with Gasteiger partial charge in [-0.2, -0.15) is 0 Å². The van der Waals surface area contributed by atoms with Gasteiger partial charge >= 0.3 is 0 Å². The average molecular weight is 322 g/mol. The fourth-order valence-corrected chi connectivity index (χ4v) is 3.41. The summed E-state index contributed by atoms with van der Waals surface area (Å²) in [4.78, 5) is 7.92. The Labute approximate surface area is 135 Å². The number of anilines is 1. The van der Waals surface area contributed by atoms with Crippen molar-refractivity contribution in [2.45, 2.75) is 38.9 Å². The highest BCUT2D eigenvalue weighted by Crippen LogP contribution is 2.27. The molecule has 0 atom stereocenters. The molecule has 3 rings (SSSR count). The summed E-state index contributed by atoms with van der Waals surface area (Å²) in [5.74, 6) is 0. The first-order chi connectivity index (χ1) is 10.1. The standard InChI is InChI=1S/C16H20ClN3S/c1-11-16(21-10-19-11)9-20(2)15-6-3-13(17)7-12(15)8-18-14-4-5-14/h3,6-7,10,14,18H,4-5,8-9H2,1-2H3. The first-order valence-corrected chi connectivity index (χ1v) is 8.51. The van der Waals surface area contributed by atoms with Gasteiger partial charge < -0.3 is 10.2 Å². The van der Waals surface area contributed by atoms with Crippen molar-refractivity contribution < 1.29 is 0 Å². The monoisotopic (exact) mass is 321 g/mol. The second-order valence-electron chi connectivity index (χ2n) is 5.65. The molecule has 1 aliphatic rings. The summed E-state index contributed by atoms with van der Waals surface area (Å²) in [6.07, 6.45) is 2.59. The predicted molar refractivity (Wildman–Crippen MR) is 90.3 cm³/mol. The van der Waals surface area contributed by atoms with Crippen molar-refractivity contribution in [2.24, 2.45) is 0 Å². The van der Waals surface area contributed by atoms with Crippen LogP contribution < -0.4 is 10.2 Å². The first kappa shape index (κ1) is 14.8. The van der Waals surface area contributed by atoms with Crippen LogP contribution in [0.4, 0.5) is 5.69 Å². The third-order valence-corrected chi connectivity index (χ3v) is 4.99. The van der Waals surface area contributed by atoms with Gasteiger partial charge in [0.1, 0.15) is 0 Å². The molecule has 1 aliphatic carbocycles. The Balaban J connectivity index is 1.77. The molecule has 1 saturated carbocycles. The zero-order valence-electron chi connectivity index (χ0n) is 12.4. The average Bonchev–Trinajstić information content (AvgIpc) is 3.20. The molecule has 112 valence electrons. The van der Waals surface area contributed by atoms with Gasteiger partial charge in [0.15, 0.2) is 0 Å². The fraction of sp³-hybridized carbons (Fsp3) is 0.438. The molecule has 21 heavy (non-hydrogen) atoms. The van der Waals surface area contributed by atoms with E-state index in [2.05, 4.69) is 41.3 Å². The molecule has 1 aromatic carbocycles. The van der Waals surface area contributed by atoms with Gasteiger partial charge in [-0.25, -0.2) is 4.98 Å². The Morgan fingerprint density at radius 3 is 2.90 bits per heavy atom. The Morgan fingerprint density at radius 2 is 2.24 bits per heavy atom. The van der Waals surface area contributed by atoms with Crippen LogP contribution in [0.3, 0.4) is 0 Å². The number of nitrogens with zero attached hydrogens (tertiary/aromatic N) is 2. The van der Waals surface area contributed by atoms with Crippen LogP contribution in [0.5, 0.6) is 0 Å². The van der Waals surface area contributed by atoms with Gasteiger partial charge in [0.25, 0.3) is 0 Å². The molecule has 1 fully saturated rings. The summed E-state index contributed by atoms with van der Waals surface area (Å²) in [6.45, 7) is 3.83. The predicted octanol–water partition coefficient (Wildman–Crippen LogP) is 3.99. The van der Waals surface area contributed by atoms with Gasteiger partial charge in [0.2, 0.25) is 0 Å². The number of hydrogen-bond donors (Lipinski definition) is 1. The maximum atomic E-state index is 6.17. The summed E-state index contributed by atoms with van der Waals surface area (Å²) >= 11 is 7.88. The zero-order valence-corrected chi connectivity index (χ0v) is 14.0. The molecule has 0 amide bonds. The van der Waals surface area contributed by atoms with Crippen LogP contribution in [0.2, 0.25) is 5.02 Å². The van der Waals surface area contributed by atoms with Crippen molar-refractivity contribution in [3.8, 4) is 0 Å². The normalized spacial score (nSPS) is 14.4. The van der Waals surface area contributed by atoms with E-state index in [1.165, 1.54) is 29.0 Å². The molecular weight excluding hydrogens is 302 g/mol. The Hall–Kier alpha value is -1.10. The van der Waals surface area contributed by atoms with Crippen molar-refractivity contribution in [3.05, 3.63) is 44.9 Å². The van der Waals surface area contributed by atoms with Gasteiger partial charge in [-0.3, -0.25) is 0 Å². The highest BCUT2D eigenvalue weighted by Gasteiger charge is 2.21. The van der Waals surface area contributed by atoms with Crippen LogP contribution in [0, 0.1) is 6.92 Å². The van der Waals surface area contributed by atoms with Gasteiger partial charge in [-0.1, -0.05) is 11.6 Å². The molecule has 2 aromatic rings. The second-order valence-corrected chi connectivity index (χ2v) is 7.02. The molecule has 0 spiro atoms. The van der Waals surface area contributed by atoms with Crippen molar-refractivity contribution in [1.82, 2.24) is 10.3 Å². The van der Waals surface area contributed by atoms with Gasteiger partial charge in [-0.05, 0) is 43.5 Å². The lowest BCUT2D eigenvalue weighted by Gasteiger charge is -2.22. The van der Waals surface area contributed by atoms with Crippen LogP contribution in [0.1, 0.15) is 29.0 Å². The van der Waals surface area contributed by atoms with E-state index < -0.39 is 0 Å². The molecule has 5 heteroatoms. The van der Waals surface area contributed by atoms with Crippen molar-refractivity contribution in [2.75, 3.05) is 11.9 Å². The number of nitrogens with one attached hydrogen (secondary N) is 1. The molecule has 0 bridgehead atoms. The van der Waals surface area contributed by atoms with E-state index in [1.807, 2.05) is 11.6 Å². The van der Waals surface area contributed by atoms with E-state index in [0.717, 1.165) is 23.8 Å². The number of aromatic nitrogens is 1. The molecular formula is C16H20ClN3S. The highest BCUT2D eigenvalue weighted by molar-refractivity contribution is 7.09.